The molecule has 0 amide bonds. The van der Waals surface area contributed by atoms with Crippen molar-refractivity contribution >= 4 is 39.6 Å². The Morgan fingerprint density at radius 3 is 3.00 bits per heavy atom. The topological polar surface area (TPSA) is 63.3 Å². The minimum atomic E-state index is 0.140. The van der Waals surface area contributed by atoms with Gasteiger partial charge in [-0.05, 0) is 23.9 Å². The van der Waals surface area contributed by atoms with Crippen LogP contribution in [0.2, 0.25) is 0 Å². The number of nitrogens with one attached hydrogen (secondary N) is 1. The van der Waals surface area contributed by atoms with Crippen LogP contribution in [0.4, 0.5) is 0 Å². The first-order chi connectivity index (χ1) is 8.33. The van der Waals surface area contributed by atoms with Crippen molar-refractivity contribution in [2.75, 3.05) is 0 Å². The number of amidine groups is 1. The number of hydrazone groups is 1. The van der Waals surface area contributed by atoms with E-state index in [0.29, 0.717) is 5.17 Å². The van der Waals surface area contributed by atoms with Crippen molar-refractivity contribution in [3.05, 3.63) is 36.5 Å². The predicted molar refractivity (Wildman–Crippen MR) is 73.7 cm³/mol. The van der Waals surface area contributed by atoms with Gasteiger partial charge in [0.05, 0.1) is 5.52 Å². The van der Waals surface area contributed by atoms with Crippen molar-refractivity contribution < 1.29 is 0 Å². The maximum atomic E-state index is 5.62. The number of hydrogen-bond acceptors (Lipinski definition) is 6. The number of thioether (sulfide) groups is 2. The SMILES string of the molecule is NC1=NNC(Sc2ccnc3ccccc23)S1. The molecule has 0 saturated heterocycles. The second kappa shape index (κ2) is 4.46. The van der Waals surface area contributed by atoms with E-state index < -0.39 is 0 Å². The Kier molecular flexibility index (Phi) is 2.82. The fourth-order valence-corrected chi connectivity index (χ4v) is 3.62. The van der Waals surface area contributed by atoms with Gasteiger partial charge in [-0.2, -0.15) is 5.10 Å². The molecule has 1 aromatic heterocycles. The van der Waals surface area contributed by atoms with Crippen molar-refractivity contribution in [3.63, 3.8) is 0 Å². The van der Waals surface area contributed by atoms with E-state index in [1.807, 2.05) is 30.5 Å². The van der Waals surface area contributed by atoms with Crippen LogP contribution in [0.15, 0.2) is 46.5 Å². The molecule has 1 unspecified atom stereocenters. The predicted octanol–water partition coefficient (Wildman–Crippen LogP) is 2.18. The minimum absolute atomic E-state index is 0.140. The summed E-state index contributed by atoms with van der Waals surface area (Å²) < 4.78 is 0.140. The highest BCUT2D eigenvalue weighted by atomic mass is 32.2. The summed E-state index contributed by atoms with van der Waals surface area (Å²) >= 11 is 3.23. The standard InChI is InChI=1S/C11H10N4S2/c12-10-14-15-11(17-10)16-9-5-6-13-8-4-2-1-3-7(8)9/h1-6,11,15H,(H2,12,14). The molecule has 2 heterocycles. The number of nitrogens with zero attached hydrogens (tertiary/aromatic N) is 2. The molecule has 2 aromatic rings. The first kappa shape index (κ1) is 10.7. The molecule has 0 bridgehead atoms. The molecule has 1 aliphatic rings. The Balaban J connectivity index is 1.90. The van der Waals surface area contributed by atoms with Crippen LogP contribution >= 0.6 is 23.5 Å². The minimum Gasteiger partial charge on any atom is -0.377 e. The molecule has 0 saturated carbocycles. The van der Waals surface area contributed by atoms with Crippen LogP contribution < -0.4 is 11.2 Å². The van der Waals surface area contributed by atoms with Crippen molar-refractivity contribution in [2.45, 2.75) is 9.60 Å². The zero-order valence-corrected chi connectivity index (χ0v) is 10.5. The fraction of sp³-hybridized carbons (Fsp3) is 0.0909. The normalized spacial score (nSPS) is 19.1. The van der Waals surface area contributed by atoms with Gasteiger partial charge in [0.25, 0.3) is 0 Å². The molecule has 3 N–H and O–H groups in total. The van der Waals surface area contributed by atoms with Gasteiger partial charge in [0.1, 0.15) is 4.71 Å². The Labute approximate surface area is 107 Å². The van der Waals surface area contributed by atoms with Gasteiger partial charge in [-0.3, -0.25) is 10.4 Å². The van der Waals surface area contributed by atoms with Crippen molar-refractivity contribution in [1.29, 1.82) is 0 Å². The van der Waals surface area contributed by atoms with Crippen LogP contribution in [0.1, 0.15) is 0 Å². The molecule has 3 rings (SSSR count). The maximum Gasteiger partial charge on any atom is 0.180 e. The lowest BCUT2D eigenvalue weighted by Crippen LogP contribution is -2.10. The van der Waals surface area contributed by atoms with Crippen LogP contribution in [0.25, 0.3) is 10.9 Å². The lowest BCUT2D eigenvalue weighted by molar-refractivity contribution is 0.855. The number of rotatable bonds is 2. The lowest BCUT2D eigenvalue weighted by atomic mass is 10.2. The smallest absolute Gasteiger partial charge is 0.180 e. The average molecular weight is 262 g/mol. The molecule has 1 aliphatic heterocycles. The van der Waals surface area contributed by atoms with E-state index in [1.54, 1.807) is 11.8 Å². The number of benzene rings is 1. The Bertz CT molecular complexity index is 579. The number of aromatic nitrogens is 1. The quantitative estimate of drug-likeness (QED) is 0.868. The second-order valence-corrected chi connectivity index (χ2v) is 6.04. The highest BCUT2D eigenvalue weighted by molar-refractivity contribution is 8.25. The van der Waals surface area contributed by atoms with E-state index in [0.717, 1.165) is 10.9 Å². The van der Waals surface area contributed by atoms with Gasteiger partial charge < -0.3 is 5.73 Å². The number of nitrogens with two attached hydrogens (primary N) is 1. The summed E-state index contributed by atoms with van der Waals surface area (Å²) in [6, 6.07) is 10.1. The molecule has 4 nitrogen and oxygen atoms in total. The van der Waals surface area contributed by atoms with Gasteiger partial charge in [0.2, 0.25) is 0 Å². The molecule has 0 spiro atoms. The van der Waals surface area contributed by atoms with E-state index in [4.69, 9.17) is 5.73 Å². The Hall–Kier alpha value is -1.40. The summed E-state index contributed by atoms with van der Waals surface area (Å²) in [5.41, 5.74) is 9.61. The maximum absolute atomic E-state index is 5.62. The zero-order chi connectivity index (χ0) is 11.7. The fourth-order valence-electron chi connectivity index (χ4n) is 1.62. The second-order valence-electron chi connectivity index (χ2n) is 3.47. The van der Waals surface area contributed by atoms with Crippen molar-refractivity contribution in [3.8, 4) is 0 Å². The van der Waals surface area contributed by atoms with Gasteiger partial charge in [0.15, 0.2) is 5.17 Å². The summed E-state index contributed by atoms with van der Waals surface area (Å²) in [6.07, 6.45) is 1.83. The first-order valence-corrected chi connectivity index (χ1v) is 6.84. The summed E-state index contributed by atoms with van der Waals surface area (Å²) in [7, 11) is 0. The molecular formula is C11H10N4S2. The largest absolute Gasteiger partial charge is 0.377 e. The van der Waals surface area contributed by atoms with Gasteiger partial charge in [-0.1, -0.05) is 30.0 Å². The highest BCUT2D eigenvalue weighted by Gasteiger charge is 2.18. The van der Waals surface area contributed by atoms with Crippen LogP contribution in [-0.4, -0.2) is 14.9 Å². The molecule has 1 aromatic carbocycles. The first-order valence-electron chi connectivity index (χ1n) is 5.09. The number of fused-ring (bicyclic) bond motifs is 1. The molecule has 6 heteroatoms. The molecular weight excluding hydrogens is 252 g/mol. The van der Waals surface area contributed by atoms with E-state index in [2.05, 4.69) is 21.6 Å². The summed E-state index contributed by atoms with van der Waals surface area (Å²) in [5, 5.41) is 5.71. The van der Waals surface area contributed by atoms with Gasteiger partial charge >= 0.3 is 0 Å². The molecule has 0 fully saturated rings. The molecule has 86 valence electrons. The summed E-state index contributed by atoms with van der Waals surface area (Å²) in [5.74, 6) is 0. The average Bonchev–Trinajstić information content (AvgIpc) is 2.75. The Morgan fingerprint density at radius 2 is 2.18 bits per heavy atom. The van der Waals surface area contributed by atoms with Gasteiger partial charge in [0, 0.05) is 16.5 Å². The Morgan fingerprint density at radius 1 is 1.29 bits per heavy atom. The van der Waals surface area contributed by atoms with E-state index in [1.165, 1.54) is 16.7 Å². The third-order valence-corrected chi connectivity index (χ3v) is 4.51. The molecule has 0 aliphatic carbocycles. The van der Waals surface area contributed by atoms with Crippen LogP contribution in [0.5, 0.6) is 0 Å². The lowest BCUT2D eigenvalue weighted by Gasteiger charge is -2.10. The number of pyridine rings is 1. The molecule has 1 atom stereocenters. The summed E-state index contributed by atoms with van der Waals surface area (Å²) in [4.78, 5) is 5.52. The molecule has 17 heavy (non-hydrogen) atoms. The van der Waals surface area contributed by atoms with Crippen LogP contribution in [-0.2, 0) is 0 Å². The van der Waals surface area contributed by atoms with E-state index >= 15 is 0 Å². The third-order valence-electron chi connectivity index (χ3n) is 2.35. The van der Waals surface area contributed by atoms with Crippen LogP contribution in [0, 0.1) is 0 Å². The number of para-hydroxylation sites is 1. The van der Waals surface area contributed by atoms with Gasteiger partial charge in [-0.15, -0.1) is 0 Å². The van der Waals surface area contributed by atoms with Gasteiger partial charge in [-0.25, -0.2) is 0 Å². The molecule has 0 radical (unpaired) electrons. The number of hydrogen-bond donors (Lipinski definition) is 2. The monoisotopic (exact) mass is 262 g/mol. The zero-order valence-electron chi connectivity index (χ0n) is 8.83. The highest BCUT2D eigenvalue weighted by Crippen LogP contribution is 2.35. The van der Waals surface area contributed by atoms with Crippen LogP contribution in [0.3, 0.4) is 0 Å². The third kappa shape index (κ3) is 2.18. The van der Waals surface area contributed by atoms with Crippen molar-refractivity contribution in [1.82, 2.24) is 10.4 Å². The van der Waals surface area contributed by atoms with Crippen molar-refractivity contribution in [2.24, 2.45) is 10.8 Å². The van der Waals surface area contributed by atoms with E-state index in [9.17, 15) is 0 Å². The van der Waals surface area contributed by atoms with E-state index in [-0.39, 0.29) is 4.71 Å². The summed E-state index contributed by atoms with van der Waals surface area (Å²) in [6.45, 7) is 0.